The Morgan fingerprint density at radius 2 is 1.80 bits per heavy atom. The summed E-state index contributed by atoms with van der Waals surface area (Å²) in [6, 6.07) is 9.24. The van der Waals surface area contributed by atoms with Gasteiger partial charge in [0.15, 0.2) is 0 Å². The van der Waals surface area contributed by atoms with Gasteiger partial charge in [-0.25, -0.2) is 0 Å². The summed E-state index contributed by atoms with van der Waals surface area (Å²) in [5, 5.41) is 6.52. The Bertz CT molecular complexity index is 625. The van der Waals surface area contributed by atoms with Gasteiger partial charge in [-0.15, -0.1) is 0 Å². The number of rotatable bonds is 4. The van der Waals surface area contributed by atoms with Crippen LogP contribution < -0.4 is 10.6 Å². The molecule has 2 amide bonds. The fraction of sp³-hybridized carbons (Fsp3) is 0.600. The van der Waals surface area contributed by atoms with E-state index in [0.29, 0.717) is 18.7 Å². The van der Waals surface area contributed by atoms with E-state index in [1.165, 1.54) is 0 Å². The molecule has 2 aliphatic rings. The predicted molar refractivity (Wildman–Crippen MR) is 98.3 cm³/mol. The van der Waals surface area contributed by atoms with Crippen LogP contribution >= 0.6 is 0 Å². The maximum absolute atomic E-state index is 13.0. The Kier molecular flexibility index (Phi) is 5.13. The molecule has 0 saturated carbocycles. The third-order valence-corrected chi connectivity index (χ3v) is 5.88. The smallest absolute Gasteiger partial charge is 0.254 e. The first-order valence-corrected chi connectivity index (χ1v) is 9.31. The highest BCUT2D eigenvalue weighted by Gasteiger charge is 2.46. The van der Waals surface area contributed by atoms with Gasteiger partial charge in [0, 0.05) is 18.7 Å². The molecule has 0 radical (unpaired) electrons. The van der Waals surface area contributed by atoms with Gasteiger partial charge in [-0.05, 0) is 63.2 Å². The lowest BCUT2D eigenvalue weighted by Crippen LogP contribution is -2.57. The summed E-state index contributed by atoms with van der Waals surface area (Å²) in [6.45, 7) is 7.46. The molecular formula is C20H29N3O2. The van der Waals surface area contributed by atoms with Crippen molar-refractivity contribution in [3.05, 3.63) is 35.9 Å². The molecule has 0 bridgehead atoms. The summed E-state index contributed by atoms with van der Waals surface area (Å²) in [7, 11) is 0. The second-order valence-corrected chi connectivity index (χ2v) is 7.94. The molecule has 1 aromatic rings. The minimum atomic E-state index is -0.754. The Hall–Kier alpha value is -1.88. The highest BCUT2D eigenvalue weighted by molar-refractivity contribution is 5.99. The van der Waals surface area contributed by atoms with E-state index in [2.05, 4.69) is 17.6 Å². The third kappa shape index (κ3) is 3.71. The number of nitrogens with zero attached hydrogens (tertiary/aromatic N) is 1. The third-order valence-electron chi connectivity index (χ3n) is 5.88. The van der Waals surface area contributed by atoms with Gasteiger partial charge in [-0.2, -0.15) is 0 Å². The molecule has 2 heterocycles. The van der Waals surface area contributed by atoms with Gasteiger partial charge in [-0.1, -0.05) is 25.1 Å². The topological polar surface area (TPSA) is 61.4 Å². The maximum atomic E-state index is 13.0. The molecule has 136 valence electrons. The molecule has 5 heteroatoms. The van der Waals surface area contributed by atoms with E-state index < -0.39 is 5.54 Å². The monoisotopic (exact) mass is 343 g/mol. The minimum absolute atomic E-state index is 0.0194. The van der Waals surface area contributed by atoms with Crippen LogP contribution in [0.3, 0.4) is 0 Å². The number of carbonyl (C=O) groups excluding carboxylic acids is 2. The van der Waals surface area contributed by atoms with Crippen molar-refractivity contribution in [2.45, 2.75) is 45.1 Å². The van der Waals surface area contributed by atoms with Crippen molar-refractivity contribution in [1.29, 1.82) is 0 Å². The fourth-order valence-electron chi connectivity index (χ4n) is 3.95. The Labute approximate surface area is 150 Å². The molecule has 25 heavy (non-hydrogen) atoms. The summed E-state index contributed by atoms with van der Waals surface area (Å²) < 4.78 is 0. The van der Waals surface area contributed by atoms with E-state index in [4.69, 9.17) is 0 Å². The van der Waals surface area contributed by atoms with Crippen molar-refractivity contribution in [3.63, 3.8) is 0 Å². The number of carbonyl (C=O) groups is 2. The summed E-state index contributed by atoms with van der Waals surface area (Å²) in [5.41, 5.74) is 0.0362. The molecule has 1 unspecified atom stereocenters. The molecule has 0 aromatic heterocycles. The molecule has 2 saturated heterocycles. The number of nitrogens with one attached hydrogen (secondary N) is 2. The highest BCUT2D eigenvalue weighted by atomic mass is 16.2. The van der Waals surface area contributed by atoms with Crippen LogP contribution in [0, 0.1) is 5.41 Å². The highest BCUT2D eigenvalue weighted by Crippen LogP contribution is 2.32. The lowest BCUT2D eigenvalue weighted by molar-refractivity contribution is -0.130. The first-order chi connectivity index (χ1) is 11.9. The Morgan fingerprint density at radius 1 is 1.12 bits per heavy atom. The van der Waals surface area contributed by atoms with E-state index in [1.807, 2.05) is 37.3 Å². The average molecular weight is 343 g/mol. The Balaban J connectivity index is 1.68. The summed E-state index contributed by atoms with van der Waals surface area (Å²) in [4.78, 5) is 27.6. The van der Waals surface area contributed by atoms with Crippen LogP contribution in [0.1, 0.15) is 49.9 Å². The van der Waals surface area contributed by atoms with Crippen LogP contribution in [0.15, 0.2) is 30.3 Å². The molecule has 0 spiro atoms. The summed E-state index contributed by atoms with van der Waals surface area (Å²) >= 11 is 0. The number of amides is 2. The van der Waals surface area contributed by atoms with Crippen molar-refractivity contribution in [2.75, 3.05) is 26.2 Å². The Morgan fingerprint density at radius 3 is 2.48 bits per heavy atom. The largest absolute Gasteiger partial charge is 0.354 e. The van der Waals surface area contributed by atoms with E-state index in [0.717, 1.165) is 38.8 Å². The number of hydrogen-bond donors (Lipinski definition) is 2. The van der Waals surface area contributed by atoms with Crippen molar-refractivity contribution in [3.8, 4) is 0 Å². The zero-order valence-electron chi connectivity index (χ0n) is 15.3. The van der Waals surface area contributed by atoms with Gasteiger partial charge in [0.2, 0.25) is 5.91 Å². The van der Waals surface area contributed by atoms with Gasteiger partial charge >= 0.3 is 0 Å². The second-order valence-electron chi connectivity index (χ2n) is 7.94. The van der Waals surface area contributed by atoms with Crippen molar-refractivity contribution >= 4 is 11.8 Å². The standard InChI is InChI=1S/C20H29N3O2/c1-19(10-12-21-13-11-19)15-22-18(25)20(2)9-6-14-23(20)17(24)16-7-4-3-5-8-16/h3-5,7-8,21H,6,9-15H2,1-2H3,(H,22,25). The number of piperidine rings is 1. The van der Waals surface area contributed by atoms with Crippen molar-refractivity contribution < 1.29 is 9.59 Å². The molecule has 2 fully saturated rings. The number of benzene rings is 1. The van der Waals surface area contributed by atoms with Crippen LogP contribution in [0.5, 0.6) is 0 Å². The van der Waals surface area contributed by atoms with Crippen LogP contribution in [0.4, 0.5) is 0 Å². The molecule has 0 aliphatic carbocycles. The van der Waals surface area contributed by atoms with Crippen molar-refractivity contribution in [2.24, 2.45) is 5.41 Å². The zero-order chi connectivity index (χ0) is 17.9. The molecule has 1 aromatic carbocycles. The average Bonchev–Trinajstić information content (AvgIpc) is 3.03. The van der Waals surface area contributed by atoms with Crippen LogP contribution in [0.25, 0.3) is 0 Å². The second kappa shape index (κ2) is 7.16. The predicted octanol–water partition coefficient (Wildman–Crippen LogP) is 2.19. The summed E-state index contributed by atoms with van der Waals surface area (Å²) in [6.07, 6.45) is 3.71. The van der Waals surface area contributed by atoms with Crippen LogP contribution in [-0.2, 0) is 4.79 Å². The minimum Gasteiger partial charge on any atom is -0.354 e. The zero-order valence-corrected chi connectivity index (χ0v) is 15.3. The van der Waals surface area contributed by atoms with Gasteiger partial charge in [0.05, 0.1) is 0 Å². The van der Waals surface area contributed by atoms with E-state index in [-0.39, 0.29) is 17.2 Å². The first-order valence-electron chi connectivity index (χ1n) is 9.31. The van der Waals surface area contributed by atoms with Gasteiger partial charge in [0.25, 0.3) is 5.91 Å². The molecule has 5 nitrogen and oxygen atoms in total. The fourth-order valence-corrected chi connectivity index (χ4v) is 3.95. The van der Waals surface area contributed by atoms with Gasteiger partial charge in [-0.3, -0.25) is 9.59 Å². The SMILES string of the molecule is CC1(CNC(=O)C2(C)CCCN2C(=O)c2ccccc2)CCNCC1. The lowest BCUT2D eigenvalue weighted by atomic mass is 9.81. The first kappa shape index (κ1) is 17.9. The quantitative estimate of drug-likeness (QED) is 0.881. The molecule has 2 aliphatic heterocycles. The molecular weight excluding hydrogens is 314 g/mol. The number of likely N-dealkylation sites (tertiary alicyclic amines) is 1. The summed E-state index contributed by atoms with van der Waals surface area (Å²) in [5.74, 6) is -0.0714. The molecule has 1 atom stereocenters. The van der Waals surface area contributed by atoms with Crippen molar-refractivity contribution in [1.82, 2.24) is 15.5 Å². The van der Waals surface area contributed by atoms with E-state index >= 15 is 0 Å². The molecule has 2 N–H and O–H groups in total. The maximum Gasteiger partial charge on any atom is 0.254 e. The molecule has 3 rings (SSSR count). The van der Waals surface area contributed by atoms with E-state index in [1.54, 1.807) is 4.90 Å². The van der Waals surface area contributed by atoms with E-state index in [9.17, 15) is 9.59 Å². The van der Waals surface area contributed by atoms with Gasteiger partial charge < -0.3 is 15.5 Å². The van der Waals surface area contributed by atoms with Crippen LogP contribution in [0.2, 0.25) is 0 Å². The number of hydrogen-bond acceptors (Lipinski definition) is 3. The normalized spacial score (nSPS) is 25.6. The van der Waals surface area contributed by atoms with Crippen LogP contribution in [-0.4, -0.2) is 48.4 Å². The lowest BCUT2D eigenvalue weighted by Gasteiger charge is -2.37. The van der Waals surface area contributed by atoms with Gasteiger partial charge in [0.1, 0.15) is 5.54 Å².